The fourth-order valence-corrected chi connectivity index (χ4v) is 3.62. The van der Waals surface area contributed by atoms with Gasteiger partial charge in [-0.3, -0.25) is 9.59 Å². The van der Waals surface area contributed by atoms with Crippen LogP contribution in [0, 0.1) is 0 Å². The van der Waals surface area contributed by atoms with E-state index in [9.17, 15) is 9.59 Å². The van der Waals surface area contributed by atoms with Crippen LogP contribution in [0.25, 0.3) is 10.9 Å². The Bertz CT molecular complexity index is 743. The van der Waals surface area contributed by atoms with Crippen LogP contribution in [-0.2, 0) is 16.0 Å². The average Bonchev–Trinajstić information content (AvgIpc) is 3.09. The van der Waals surface area contributed by atoms with Crippen LogP contribution >= 0.6 is 0 Å². The van der Waals surface area contributed by atoms with E-state index in [1.54, 1.807) is 0 Å². The van der Waals surface area contributed by atoms with E-state index in [4.69, 9.17) is 0 Å². The first kappa shape index (κ1) is 22.0. The number of amides is 2. The topological polar surface area (TPSA) is 65.2 Å². The van der Waals surface area contributed by atoms with E-state index >= 15 is 0 Å². The predicted octanol–water partition coefficient (Wildman–Crippen LogP) is 4.42. The molecular weight excluding hydrogens is 350 g/mol. The standard InChI is InChI=1S/C23H35N3O2/c1-4-6-10-14-26(15-11-7-5-2)23(28)22(25-18(3)27)16-19-17-24-21-13-9-8-12-20(19)21/h8-9,12-13,17,22,24H,4-7,10-11,14-16H2,1-3H3,(H,25,27)/t22-/m1/s1. The summed E-state index contributed by atoms with van der Waals surface area (Å²) in [6.07, 6.45) is 8.95. The molecule has 0 fully saturated rings. The third-order valence-corrected chi connectivity index (χ3v) is 5.15. The molecule has 0 bridgehead atoms. The largest absolute Gasteiger partial charge is 0.361 e. The molecule has 0 saturated heterocycles. The Balaban J connectivity index is 2.17. The van der Waals surface area contributed by atoms with E-state index < -0.39 is 6.04 Å². The predicted molar refractivity (Wildman–Crippen MR) is 115 cm³/mol. The average molecular weight is 386 g/mol. The maximum atomic E-state index is 13.3. The molecule has 28 heavy (non-hydrogen) atoms. The van der Waals surface area contributed by atoms with Crippen molar-refractivity contribution in [3.05, 3.63) is 36.0 Å². The molecule has 0 spiro atoms. The highest BCUT2D eigenvalue weighted by atomic mass is 16.2. The van der Waals surface area contributed by atoms with Crippen molar-refractivity contribution >= 4 is 22.7 Å². The van der Waals surface area contributed by atoms with Crippen LogP contribution in [0.15, 0.2) is 30.5 Å². The quantitative estimate of drug-likeness (QED) is 0.531. The summed E-state index contributed by atoms with van der Waals surface area (Å²) in [6, 6.07) is 7.53. The fourth-order valence-electron chi connectivity index (χ4n) is 3.62. The Morgan fingerprint density at radius 3 is 2.29 bits per heavy atom. The van der Waals surface area contributed by atoms with E-state index in [0.717, 1.165) is 68.1 Å². The van der Waals surface area contributed by atoms with Crippen molar-refractivity contribution in [2.45, 2.75) is 71.8 Å². The van der Waals surface area contributed by atoms with Gasteiger partial charge in [0.2, 0.25) is 11.8 Å². The summed E-state index contributed by atoms with van der Waals surface area (Å²) in [5.41, 5.74) is 2.11. The highest BCUT2D eigenvalue weighted by Gasteiger charge is 2.26. The molecule has 0 aliphatic heterocycles. The van der Waals surface area contributed by atoms with Gasteiger partial charge in [-0.2, -0.15) is 0 Å². The molecule has 0 aliphatic rings. The lowest BCUT2D eigenvalue weighted by atomic mass is 10.0. The number of carbonyl (C=O) groups is 2. The number of fused-ring (bicyclic) bond motifs is 1. The van der Waals surface area contributed by atoms with Crippen LogP contribution in [0.3, 0.4) is 0 Å². The molecule has 5 nitrogen and oxygen atoms in total. The number of nitrogens with zero attached hydrogens (tertiary/aromatic N) is 1. The van der Waals surface area contributed by atoms with Gasteiger partial charge in [0, 0.05) is 43.5 Å². The van der Waals surface area contributed by atoms with Crippen molar-refractivity contribution in [1.29, 1.82) is 0 Å². The molecule has 5 heteroatoms. The van der Waals surface area contributed by atoms with Gasteiger partial charge in [-0.25, -0.2) is 0 Å². The van der Waals surface area contributed by atoms with Gasteiger partial charge in [0.1, 0.15) is 6.04 Å². The number of benzene rings is 1. The minimum Gasteiger partial charge on any atom is -0.361 e. The highest BCUT2D eigenvalue weighted by Crippen LogP contribution is 2.20. The normalized spacial score (nSPS) is 12.1. The monoisotopic (exact) mass is 385 g/mol. The summed E-state index contributed by atoms with van der Waals surface area (Å²) in [6.45, 7) is 7.34. The maximum absolute atomic E-state index is 13.3. The fraction of sp³-hybridized carbons (Fsp3) is 0.565. The zero-order valence-electron chi connectivity index (χ0n) is 17.6. The zero-order valence-corrected chi connectivity index (χ0v) is 17.6. The Hall–Kier alpha value is -2.30. The summed E-state index contributed by atoms with van der Waals surface area (Å²) in [5.74, 6) is -0.132. The Kier molecular flexibility index (Phi) is 9.05. The minimum atomic E-state index is -0.528. The second-order valence-corrected chi connectivity index (χ2v) is 7.56. The molecule has 0 aliphatic carbocycles. The maximum Gasteiger partial charge on any atom is 0.245 e. The molecule has 1 heterocycles. The summed E-state index contributed by atoms with van der Waals surface area (Å²) in [5, 5.41) is 4.01. The lowest BCUT2D eigenvalue weighted by Crippen LogP contribution is -2.49. The molecule has 154 valence electrons. The second-order valence-electron chi connectivity index (χ2n) is 7.56. The molecular formula is C23H35N3O2. The molecule has 2 rings (SSSR count). The van der Waals surface area contributed by atoms with E-state index in [-0.39, 0.29) is 11.8 Å². The van der Waals surface area contributed by atoms with Crippen LogP contribution in [0.2, 0.25) is 0 Å². The van der Waals surface area contributed by atoms with E-state index in [1.165, 1.54) is 6.92 Å². The summed E-state index contributed by atoms with van der Waals surface area (Å²) in [7, 11) is 0. The van der Waals surface area contributed by atoms with Crippen LogP contribution in [0.5, 0.6) is 0 Å². The molecule has 0 unspecified atom stereocenters. The van der Waals surface area contributed by atoms with Gasteiger partial charge < -0.3 is 15.2 Å². The summed E-state index contributed by atoms with van der Waals surface area (Å²) >= 11 is 0. The van der Waals surface area contributed by atoms with Crippen LogP contribution in [0.1, 0.15) is 64.9 Å². The molecule has 1 aromatic heterocycles. The van der Waals surface area contributed by atoms with Crippen molar-refractivity contribution < 1.29 is 9.59 Å². The Labute approximate surface area is 168 Å². The molecule has 0 saturated carbocycles. The van der Waals surface area contributed by atoms with Crippen LogP contribution in [0.4, 0.5) is 0 Å². The van der Waals surface area contributed by atoms with Gasteiger partial charge >= 0.3 is 0 Å². The first-order valence-electron chi connectivity index (χ1n) is 10.7. The van der Waals surface area contributed by atoms with E-state index in [0.29, 0.717) is 6.42 Å². The Morgan fingerprint density at radius 1 is 1.04 bits per heavy atom. The molecule has 1 aromatic carbocycles. The number of rotatable bonds is 12. The van der Waals surface area contributed by atoms with Gasteiger partial charge in [-0.1, -0.05) is 57.7 Å². The van der Waals surface area contributed by atoms with Crippen molar-refractivity contribution in [2.24, 2.45) is 0 Å². The third-order valence-electron chi connectivity index (χ3n) is 5.15. The van der Waals surface area contributed by atoms with Gasteiger partial charge in [0.25, 0.3) is 0 Å². The first-order chi connectivity index (χ1) is 13.6. The van der Waals surface area contributed by atoms with Crippen molar-refractivity contribution in [1.82, 2.24) is 15.2 Å². The number of unbranched alkanes of at least 4 members (excludes halogenated alkanes) is 4. The zero-order chi connectivity index (χ0) is 20.4. The number of nitrogens with one attached hydrogen (secondary N) is 2. The number of carbonyl (C=O) groups excluding carboxylic acids is 2. The Morgan fingerprint density at radius 2 is 1.68 bits per heavy atom. The van der Waals surface area contributed by atoms with Gasteiger partial charge in [0.15, 0.2) is 0 Å². The van der Waals surface area contributed by atoms with Crippen LogP contribution < -0.4 is 5.32 Å². The summed E-state index contributed by atoms with van der Waals surface area (Å²) in [4.78, 5) is 30.4. The minimum absolute atomic E-state index is 0.0349. The van der Waals surface area contributed by atoms with Crippen molar-refractivity contribution in [3.63, 3.8) is 0 Å². The molecule has 2 N–H and O–H groups in total. The number of aromatic nitrogens is 1. The summed E-state index contributed by atoms with van der Waals surface area (Å²) < 4.78 is 0. The number of H-pyrrole nitrogens is 1. The number of hydrogen-bond donors (Lipinski definition) is 2. The van der Waals surface area contributed by atoms with Crippen molar-refractivity contribution in [3.8, 4) is 0 Å². The van der Waals surface area contributed by atoms with Gasteiger partial charge in [-0.15, -0.1) is 0 Å². The molecule has 2 aromatic rings. The van der Waals surface area contributed by atoms with Crippen molar-refractivity contribution in [2.75, 3.05) is 13.1 Å². The smallest absolute Gasteiger partial charge is 0.245 e. The molecule has 0 radical (unpaired) electrons. The van der Waals surface area contributed by atoms with Gasteiger partial charge in [-0.05, 0) is 24.5 Å². The number of hydrogen-bond acceptors (Lipinski definition) is 2. The SMILES string of the molecule is CCCCCN(CCCCC)C(=O)[C@@H](Cc1c[nH]c2ccccc12)NC(C)=O. The third kappa shape index (κ3) is 6.39. The first-order valence-corrected chi connectivity index (χ1v) is 10.7. The number of para-hydroxylation sites is 1. The number of aromatic amines is 1. The molecule has 1 atom stereocenters. The second kappa shape index (κ2) is 11.5. The van der Waals surface area contributed by atoms with Crippen LogP contribution in [-0.4, -0.2) is 40.8 Å². The highest BCUT2D eigenvalue weighted by molar-refractivity contribution is 5.89. The lowest BCUT2D eigenvalue weighted by Gasteiger charge is -2.28. The molecule has 2 amide bonds. The van der Waals surface area contributed by atoms with E-state index in [2.05, 4.69) is 30.2 Å². The lowest BCUT2D eigenvalue weighted by molar-refractivity contribution is -0.136. The van der Waals surface area contributed by atoms with E-state index in [1.807, 2.05) is 29.3 Å². The van der Waals surface area contributed by atoms with Gasteiger partial charge in [0.05, 0.1) is 0 Å².